The van der Waals surface area contributed by atoms with Crippen molar-refractivity contribution in [1.82, 2.24) is 10.6 Å². The van der Waals surface area contributed by atoms with Crippen molar-refractivity contribution in [3.05, 3.63) is 29.6 Å². The molecule has 1 amide bonds. The van der Waals surface area contributed by atoms with E-state index in [0.717, 1.165) is 5.56 Å². The van der Waals surface area contributed by atoms with E-state index in [4.69, 9.17) is 0 Å². The lowest BCUT2D eigenvalue weighted by atomic mass is 10.1. The molecular weight excluding hydrogens is 221 g/mol. The lowest BCUT2D eigenvalue weighted by Crippen LogP contribution is -2.34. The van der Waals surface area contributed by atoms with E-state index < -0.39 is 0 Å². The topological polar surface area (TPSA) is 44.4 Å². The molecule has 0 saturated heterocycles. The molecule has 4 nitrogen and oxygen atoms in total. The lowest BCUT2D eigenvalue weighted by molar-refractivity contribution is -0.119. The maximum absolute atomic E-state index is 13.8. The summed E-state index contributed by atoms with van der Waals surface area (Å²) in [4.78, 5) is 12.9. The van der Waals surface area contributed by atoms with Gasteiger partial charge in [-0.25, -0.2) is 4.39 Å². The number of anilines is 1. The fourth-order valence-electron chi connectivity index (χ4n) is 1.69. The van der Waals surface area contributed by atoms with Gasteiger partial charge in [0.2, 0.25) is 5.91 Å². The summed E-state index contributed by atoms with van der Waals surface area (Å²) in [5.74, 6) is -0.463. The average Bonchev–Trinajstić information content (AvgIpc) is 2.29. The predicted molar refractivity (Wildman–Crippen MR) is 66.5 cm³/mol. The van der Waals surface area contributed by atoms with E-state index in [9.17, 15) is 9.18 Å². The van der Waals surface area contributed by atoms with Crippen molar-refractivity contribution in [3.8, 4) is 0 Å². The number of nitrogens with one attached hydrogen (secondary N) is 2. The largest absolute Gasteiger partial charge is 0.363 e. The number of para-hydroxylation sites is 1. The number of amides is 1. The minimum Gasteiger partial charge on any atom is -0.363 e. The molecule has 0 aliphatic rings. The predicted octanol–water partition coefficient (Wildman–Crippen LogP) is 0.727. The van der Waals surface area contributed by atoms with E-state index in [2.05, 4.69) is 10.6 Å². The first-order valence-corrected chi connectivity index (χ1v) is 5.43. The Morgan fingerprint density at radius 3 is 2.71 bits per heavy atom. The fraction of sp³-hybridized carbons (Fsp3) is 0.417. The first-order chi connectivity index (χ1) is 8.10. The Morgan fingerprint density at radius 2 is 2.12 bits per heavy atom. The molecular formula is C12H18FN3O. The second-order valence-corrected chi connectivity index (χ2v) is 3.81. The minimum atomic E-state index is -0.316. The first kappa shape index (κ1) is 13.4. The lowest BCUT2D eigenvalue weighted by Gasteiger charge is -2.22. The van der Waals surface area contributed by atoms with Crippen LogP contribution in [-0.4, -0.2) is 33.6 Å². The molecule has 1 aromatic rings. The van der Waals surface area contributed by atoms with Crippen LogP contribution in [0.1, 0.15) is 5.56 Å². The number of benzene rings is 1. The van der Waals surface area contributed by atoms with Crippen molar-refractivity contribution in [2.24, 2.45) is 0 Å². The van der Waals surface area contributed by atoms with Crippen LogP contribution in [0.4, 0.5) is 10.1 Å². The Morgan fingerprint density at radius 1 is 1.41 bits per heavy atom. The summed E-state index contributed by atoms with van der Waals surface area (Å²) < 4.78 is 13.8. The molecule has 5 heteroatoms. The van der Waals surface area contributed by atoms with Crippen LogP contribution in [0.2, 0.25) is 0 Å². The smallest absolute Gasteiger partial charge is 0.239 e. The Hall–Kier alpha value is -1.62. The van der Waals surface area contributed by atoms with Gasteiger partial charge in [-0.2, -0.15) is 0 Å². The molecule has 94 valence electrons. The van der Waals surface area contributed by atoms with E-state index in [0.29, 0.717) is 12.2 Å². The summed E-state index contributed by atoms with van der Waals surface area (Å²) in [7, 11) is 5.06. The molecule has 2 N–H and O–H groups in total. The molecule has 0 aliphatic carbocycles. The molecule has 0 heterocycles. The quantitative estimate of drug-likeness (QED) is 0.796. The van der Waals surface area contributed by atoms with Crippen molar-refractivity contribution in [1.29, 1.82) is 0 Å². The van der Waals surface area contributed by atoms with Crippen molar-refractivity contribution < 1.29 is 9.18 Å². The second-order valence-electron chi connectivity index (χ2n) is 3.81. The number of carbonyl (C=O) groups excluding carboxylic acids is 1. The molecule has 17 heavy (non-hydrogen) atoms. The molecule has 0 fully saturated rings. The molecule has 0 aromatic heterocycles. The van der Waals surface area contributed by atoms with E-state index in [-0.39, 0.29) is 18.3 Å². The van der Waals surface area contributed by atoms with Gasteiger partial charge in [-0.1, -0.05) is 12.1 Å². The van der Waals surface area contributed by atoms with E-state index in [1.54, 1.807) is 32.1 Å². The zero-order chi connectivity index (χ0) is 12.8. The van der Waals surface area contributed by atoms with Crippen molar-refractivity contribution >= 4 is 11.6 Å². The number of likely N-dealkylation sites (N-methyl/N-ethyl adjacent to an activating group) is 2. The van der Waals surface area contributed by atoms with E-state index >= 15 is 0 Å². The number of carbonyl (C=O) groups is 1. The summed E-state index contributed by atoms with van der Waals surface area (Å²) in [6.45, 7) is 0.694. The summed E-state index contributed by atoms with van der Waals surface area (Å²) in [6, 6.07) is 4.91. The molecule has 0 bridgehead atoms. The van der Waals surface area contributed by atoms with Crippen molar-refractivity contribution in [3.63, 3.8) is 0 Å². The third-order valence-electron chi connectivity index (χ3n) is 2.48. The Kier molecular flexibility index (Phi) is 4.90. The van der Waals surface area contributed by atoms with Gasteiger partial charge >= 0.3 is 0 Å². The zero-order valence-corrected chi connectivity index (χ0v) is 10.4. The van der Waals surface area contributed by atoms with Crippen LogP contribution >= 0.6 is 0 Å². The maximum atomic E-state index is 13.8. The number of hydrogen-bond donors (Lipinski definition) is 2. The first-order valence-electron chi connectivity index (χ1n) is 5.43. The molecule has 1 rings (SSSR count). The molecule has 0 saturated carbocycles. The summed E-state index contributed by atoms with van der Waals surface area (Å²) in [6.07, 6.45) is 0. The Labute approximate surface area is 101 Å². The second kappa shape index (κ2) is 6.20. The number of halogens is 1. The van der Waals surface area contributed by atoms with E-state index in [1.807, 2.05) is 6.07 Å². The van der Waals surface area contributed by atoms with Gasteiger partial charge in [0.05, 0.1) is 12.2 Å². The van der Waals surface area contributed by atoms with Crippen LogP contribution in [0, 0.1) is 5.82 Å². The van der Waals surface area contributed by atoms with Crippen LogP contribution in [0.5, 0.6) is 0 Å². The van der Waals surface area contributed by atoms with Gasteiger partial charge in [-0.05, 0) is 18.7 Å². The minimum absolute atomic E-state index is 0.133. The van der Waals surface area contributed by atoms with Gasteiger partial charge in [0.25, 0.3) is 0 Å². The van der Waals surface area contributed by atoms with Crippen LogP contribution in [-0.2, 0) is 11.3 Å². The van der Waals surface area contributed by atoms with Gasteiger partial charge in [0, 0.05) is 20.6 Å². The fourth-order valence-corrected chi connectivity index (χ4v) is 1.69. The Balaban J connectivity index is 2.97. The molecule has 0 radical (unpaired) electrons. The number of rotatable bonds is 5. The van der Waals surface area contributed by atoms with Crippen molar-refractivity contribution in [2.75, 3.05) is 32.6 Å². The SMILES string of the molecule is CNCc1cccc(F)c1N(C)CC(=O)NC. The highest BCUT2D eigenvalue weighted by atomic mass is 19.1. The molecule has 0 atom stereocenters. The van der Waals surface area contributed by atoms with Gasteiger partial charge in [-0.3, -0.25) is 4.79 Å². The number of hydrogen-bond acceptors (Lipinski definition) is 3. The highest BCUT2D eigenvalue weighted by Gasteiger charge is 2.14. The van der Waals surface area contributed by atoms with Crippen LogP contribution < -0.4 is 15.5 Å². The monoisotopic (exact) mass is 239 g/mol. The third kappa shape index (κ3) is 3.42. The average molecular weight is 239 g/mol. The highest BCUT2D eigenvalue weighted by molar-refractivity contribution is 5.81. The normalized spacial score (nSPS) is 10.1. The summed E-state index contributed by atoms with van der Waals surface area (Å²) >= 11 is 0. The maximum Gasteiger partial charge on any atom is 0.239 e. The Bertz CT molecular complexity index is 395. The van der Waals surface area contributed by atoms with Gasteiger partial charge in [0.15, 0.2) is 0 Å². The molecule has 1 aromatic carbocycles. The van der Waals surface area contributed by atoms with E-state index in [1.165, 1.54) is 6.07 Å². The highest BCUT2D eigenvalue weighted by Crippen LogP contribution is 2.23. The zero-order valence-electron chi connectivity index (χ0n) is 10.4. The summed E-state index contributed by atoms with van der Waals surface area (Å²) in [5, 5.41) is 5.50. The van der Waals surface area contributed by atoms with Gasteiger partial charge < -0.3 is 15.5 Å². The summed E-state index contributed by atoms with van der Waals surface area (Å²) in [5.41, 5.74) is 1.30. The van der Waals surface area contributed by atoms with Crippen LogP contribution in [0.15, 0.2) is 18.2 Å². The van der Waals surface area contributed by atoms with Crippen LogP contribution in [0.3, 0.4) is 0 Å². The molecule has 0 unspecified atom stereocenters. The van der Waals surface area contributed by atoms with Crippen molar-refractivity contribution in [2.45, 2.75) is 6.54 Å². The van der Waals surface area contributed by atoms with Gasteiger partial charge in [-0.15, -0.1) is 0 Å². The van der Waals surface area contributed by atoms with Gasteiger partial charge in [0.1, 0.15) is 5.82 Å². The van der Waals surface area contributed by atoms with Crippen LogP contribution in [0.25, 0.3) is 0 Å². The third-order valence-corrected chi connectivity index (χ3v) is 2.48. The molecule has 0 spiro atoms. The number of nitrogens with zero attached hydrogens (tertiary/aromatic N) is 1. The standard InChI is InChI=1S/C12H18FN3O/c1-14-7-9-5-4-6-10(13)12(9)16(3)8-11(17)15-2/h4-6,14H,7-8H2,1-3H3,(H,15,17). The molecule has 0 aliphatic heterocycles.